The second-order valence-corrected chi connectivity index (χ2v) is 8.54. The van der Waals surface area contributed by atoms with E-state index in [9.17, 15) is 14.0 Å². The summed E-state index contributed by atoms with van der Waals surface area (Å²) in [6.45, 7) is 0.902. The molecule has 168 valence electrons. The van der Waals surface area contributed by atoms with Gasteiger partial charge in [-0.25, -0.2) is 9.37 Å². The Morgan fingerprint density at radius 2 is 2.06 bits per heavy atom. The molecule has 4 rings (SSSR count). The molecule has 9 heteroatoms. The monoisotopic (exact) mass is 457 g/mol. The van der Waals surface area contributed by atoms with E-state index < -0.39 is 0 Å². The van der Waals surface area contributed by atoms with E-state index in [-0.39, 0.29) is 24.1 Å². The van der Waals surface area contributed by atoms with Gasteiger partial charge in [0.2, 0.25) is 5.91 Å². The van der Waals surface area contributed by atoms with Crippen LogP contribution in [0.5, 0.6) is 5.75 Å². The summed E-state index contributed by atoms with van der Waals surface area (Å²) >= 11 is 1.37. The van der Waals surface area contributed by atoms with Crippen molar-refractivity contribution in [3.63, 3.8) is 0 Å². The lowest BCUT2D eigenvalue weighted by atomic mass is 10.1. The highest BCUT2D eigenvalue weighted by molar-refractivity contribution is 7.98. The summed E-state index contributed by atoms with van der Waals surface area (Å²) in [4.78, 5) is 28.8. The molecule has 7 nitrogen and oxygen atoms in total. The van der Waals surface area contributed by atoms with Gasteiger partial charge in [0.15, 0.2) is 11.9 Å². The van der Waals surface area contributed by atoms with Crippen molar-refractivity contribution in [2.24, 2.45) is 5.73 Å². The van der Waals surface area contributed by atoms with Crippen molar-refractivity contribution in [2.45, 2.75) is 49.7 Å². The minimum atomic E-state index is -0.355. The normalized spacial score (nSPS) is 13.0. The average Bonchev–Trinajstić information content (AvgIpc) is 2.78. The lowest BCUT2D eigenvalue weighted by Gasteiger charge is -2.21. The number of thioether (sulfide) groups is 1. The van der Waals surface area contributed by atoms with Crippen LogP contribution in [0.3, 0.4) is 0 Å². The number of amides is 1. The van der Waals surface area contributed by atoms with Crippen molar-refractivity contribution in [1.29, 1.82) is 0 Å². The van der Waals surface area contributed by atoms with E-state index in [1.54, 1.807) is 10.6 Å². The first-order valence-corrected chi connectivity index (χ1v) is 11.4. The Bertz CT molecular complexity index is 1200. The number of carbonyl (C=O) groups is 1. The number of aromatic nitrogens is 2. The zero-order chi connectivity index (χ0) is 22.5. The van der Waals surface area contributed by atoms with Crippen molar-refractivity contribution in [2.75, 3.05) is 6.79 Å². The van der Waals surface area contributed by atoms with Crippen LogP contribution in [0.1, 0.15) is 36.8 Å². The Morgan fingerprint density at radius 1 is 1.22 bits per heavy atom. The number of rotatable bonds is 9. The number of ether oxygens (including phenoxy) is 2. The maximum Gasteiger partial charge on any atom is 0.262 e. The number of carbonyl (C=O) groups excluding carboxylic acids is 1. The number of primary amides is 1. The highest BCUT2D eigenvalue weighted by Crippen LogP contribution is 2.33. The van der Waals surface area contributed by atoms with Crippen LogP contribution >= 0.6 is 11.8 Å². The van der Waals surface area contributed by atoms with Crippen molar-refractivity contribution in [3.05, 3.63) is 63.7 Å². The molecule has 3 aromatic rings. The molecule has 32 heavy (non-hydrogen) atoms. The van der Waals surface area contributed by atoms with Gasteiger partial charge in [0.05, 0.1) is 17.5 Å². The fraction of sp³-hybridized carbons (Fsp3) is 0.348. The predicted octanol–water partition coefficient (Wildman–Crippen LogP) is 3.74. The Balaban J connectivity index is 1.59. The molecule has 0 aliphatic carbocycles. The van der Waals surface area contributed by atoms with Crippen molar-refractivity contribution in [3.8, 4) is 5.75 Å². The molecule has 2 aromatic carbocycles. The van der Waals surface area contributed by atoms with E-state index in [0.717, 1.165) is 12.8 Å². The second-order valence-electron chi connectivity index (χ2n) is 7.60. The number of nitrogens with zero attached hydrogens (tertiary/aromatic N) is 2. The minimum Gasteiger partial charge on any atom is -0.467 e. The van der Waals surface area contributed by atoms with Crippen LogP contribution in [0.4, 0.5) is 4.39 Å². The molecule has 1 amide bonds. The van der Waals surface area contributed by atoms with Gasteiger partial charge in [-0.1, -0.05) is 30.3 Å². The van der Waals surface area contributed by atoms with Gasteiger partial charge in [0, 0.05) is 29.8 Å². The number of halogens is 1. The molecule has 0 atom stereocenters. The van der Waals surface area contributed by atoms with E-state index in [0.29, 0.717) is 64.7 Å². The molecule has 0 spiro atoms. The van der Waals surface area contributed by atoms with Crippen LogP contribution in [0.15, 0.2) is 46.3 Å². The van der Waals surface area contributed by atoms with Crippen molar-refractivity contribution in [1.82, 2.24) is 9.55 Å². The van der Waals surface area contributed by atoms with Gasteiger partial charge in [0.1, 0.15) is 11.6 Å². The van der Waals surface area contributed by atoms with Crippen LogP contribution in [-0.4, -0.2) is 22.3 Å². The number of fused-ring (bicyclic) bond motifs is 2. The molecule has 0 bridgehead atoms. The van der Waals surface area contributed by atoms with Gasteiger partial charge in [-0.2, -0.15) is 0 Å². The van der Waals surface area contributed by atoms with Gasteiger partial charge in [-0.3, -0.25) is 14.2 Å². The fourth-order valence-electron chi connectivity index (χ4n) is 3.71. The average molecular weight is 458 g/mol. The van der Waals surface area contributed by atoms with Gasteiger partial charge >= 0.3 is 0 Å². The molecule has 0 fully saturated rings. The zero-order valence-electron chi connectivity index (χ0n) is 17.5. The Labute approximate surface area is 188 Å². The number of nitrogens with two attached hydrogens (primary N) is 1. The number of hydrogen-bond acceptors (Lipinski definition) is 6. The summed E-state index contributed by atoms with van der Waals surface area (Å²) in [5.74, 6) is 0.349. The van der Waals surface area contributed by atoms with Crippen molar-refractivity contribution < 1.29 is 18.7 Å². The second kappa shape index (κ2) is 10.1. The summed E-state index contributed by atoms with van der Waals surface area (Å²) in [5, 5.41) is 1.12. The zero-order valence-corrected chi connectivity index (χ0v) is 18.3. The first-order valence-electron chi connectivity index (χ1n) is 10.5. The summed E-state index contributed by atoms with van der Waals surface area (Å²) < 4.78 is 26.6. The van der Waals surface area contributed by atoms with Crippen molar-refractivity contribution >= 4 is 28.6 Å². The summed E-state index contributed by atoms with van der Waals surface area (Å²) in [5.41, 5.74) is 7.08. The molecule has 1 aromatic heterocycles. The molecular formula is C23H24FN3O4S. The van der Waals surface area contributed by atoms with Crippen LogP contribution in [0, 0.1) is 5.82 Å². The number of benzene rings is 2. The third kappa shape index (κ3) is 5.11. The fourth-order valence-corrected chi connectivity index (χ4v) is 4.70. The smallest absolute Gasteiger partial charge is 0.262 e. The van der Waals surface area contributed by atoms with Crippen LogP contribution in [-0.2, 0) is 28.4 Å². The minimum absolute atomic E-state index is 0.112. The Hall–Kier alpha value is -2.91. The molecular weight excluding hydrogens is 433 g/mol. The first kappa shape index (κ1) is 22.3. The van der Waals surface area contributed by atoms with E-state index >= 15 is 0 Å². The SMILES string of the molecule is NC(=O)CCCCCn1c(SCc2cc(F)cc3c2OCOC3)nc2ccccc2c1=O. The topological polar surface area (TPSA) is 96.4 Å². The lowest BCUT2D eigenvalue weighted by Crippen LogP contribution is -2.23. The quantitative estimate of drug-likeness (QED) is 0.299. The van der Waals surface area contributed by atoms with Gasteiger partial charge in [-0.05, 0) is 37.1 Å². The predicted molar refractivity (Wildman–Crippen MR) is 120 cm³/mol. The Kier molecular flexibility index (Phi) is 7.06. The molecule has 0 radical (unpaired) electrons. The highest BCUT2D eigenvalue weighted by atomic mass is 32.2. The van der Waals surface area contributed by atoms with Crippen LogP contribution < -0.4 is 16.0 Å². The maximum absolute atomic E-state index is 14.1. The van der Waals surface area contributed by atoms with Gasteiger partial charge < -0.3 is 15.2 Å². The third-order valence-corrected chi connectivity index (χ3v) is 6.27. The number of unbranched alkanes of at least 4 members (excludes halogenated alkanes) is 2. The summed E-state index contributed by atoms with van der Waals surface area (Å²) in [6, 6.07) is 10.1. The number of hydrogen-bond donors (Lipinski definition) is 1. The molecule has 0 saturated carbocycles. The molecule has 0 unspecified atom stereocenters. The third-order valence-electron chi connectivity index (χ3n) is 5.24. The number of para-hydroxylation sites is 1. The highest BCUT2D eigenvalue weighted by Gasteiger charge is 2.18. The maximum atomic E-state index is 14.1. The standard InChI is InChI=1S/C23H24FN3O4S/c24-17-10-15-12-30-14-31-21(15)16(11-17)13-32-23-26-19-7-4-3-6-18(19)22(29)27(23)9-5-1-2-8-20(25)28/h3-4,6-7,10-11H,1-2,5,8-9,12-14H2,(H2,25,28). The van der Waals surface area contributed by atoms with Crippen LogP contribution in [0.25, 0.3) is 10.9 Å². The van der Waals surface area contributed by atoms with Crippen LogP contribution in [0.2, 0.25) is 0 Å². The first-order chi connectivity index (χ1) is 15.5. The van der Waals surface area contributed by atoms with E-state index in [1.807, 2.05) is 18.2 Å². The molecule has 0 saturated heterocycles. The van der Waals surface area contributed by atoms with Gasteiger partial charge in [0.25, 0.3) is 5.56 Å². The van der Waals surface area contributed by atoms with E-state index in [4.69, 9.17) is 20.2 Å². The largest absolute Gasteiger partial charge is 0.467 e. The van der Waals surface area contributed by atoms with E-state index in [1.165, 1.54) is 23.9 Å². The van der Waals surface area contributed by atoms with E-state index in [2.05, 4.69) is 0 Å². The molecule has 2 heterocycles. The molecule has 1 aliphatic heterocycles. The van der Waals surface area contributed by atoms with Gasteiger partial charge in [-0.15, -0.1) is 0 Å². The lowest BCUT2D eigenvalue weighted by molar-refractivity contribution is -0.118. The summed E-state index contributed by atoms with van der Waals surface area (Å²) in [7, 11) is 0. The molecule has 1 aliphatic rings. The Morgan fingerprint density at radius 3 is 2.91 bits per heavy atom. The molecule has 2 N–H and O–H groups in total. The summed E-state index contributed by atoms with van der Waals surface area (Å²) in [6.07, 6.45) is 2.51.